The number of sulfonamides is 1. The van der Waals surface area contributed by atoms with Crippen molar-refractivity contribution in [2.24, 2.45) is 11.8 Å². The van der Waals surface area contributed by atoms with Crippen molar-refractivity contribution < 1.29 is 8.42 Å². The van der Waals surface area contributed by atoms with Crippen molar-refractivity contribution in [1.82, 2.24) is 10.0 Å². The first-order valence-corrected chi connectivity index (χ1v) is 8.79. The van der Waals surface area contributed by atoms with Crippen molar-refractivity contribution in [2.75, 3.05) is 18.8 Å². The molecule has 1 fully saturated rings. The molecule has 0 bridgehead atoms. The number of hydrogen-bond donors (Lipinski definition) is 2. The fraction of sp³-hybridized carbons (Fsp3) is 1.00. The van der Waals surface area contributed by atoms with Crippen LogP contribution in [0.5, 0.6) is 0 Å². The fourth-order valence-electron chi connectivity index (χ4n) is 2.53. The molecule has 2 atom stereocenters. The molecule has 0 aromatic carbocycles. The predicted octanol–water partition coefficient (Wildman–Crippen LogP) is 1.73. The number of rotatable bonds is 7. The summed E-state index contributed by atoms with van der Waals surface area (Å²) in [5.41, 5.74) is 0. The van der Waals surface area contributed by atoms with Crippen LogP contribution in [0.25, 0.3) is 0 Å². The summed E-state index contributed by atoms with van der Waals surface area (Å²) in [6, 6.07) is 0.0478. The second-order valence-corrected chi connectivity index (χ2v) is 7.54. The Kier molecular flexibility index (Phi) is 6.60. The second-order valence-electron chi connectivity index (χ2n) is 5.74. The topological polar surface area (TPSA) is 58.2 Å². The normalized spacial score (nSPS) is 21.7. The molecule has 18 heavy (non-hydrogen) atoms. The number of hydrogen-bond acceptors (Lipinski definition) is 3. The van der Waals surface area contributed by atoms with E-state index in [1.807, 2.05) is 6.92 Å². The summed E-state index contributed by atoms with van der Waals surface area (Å²) >= 11 is 0. The summed E-state index contributed by atoms with van der Waals surface area (Å²) in [6.45, 7) is 8.16. The van der Waals surface area contributed by atoms with Gasteiger partial charge in [0.1, 0.15) is 0 Å². The van der Waals surface area contributed by atoms with Crippen LogP contribution in [-0.4, -0.2) is 33.3 Å². The van der Waals surface area contributed by atoms with Crippen LogP contribution in [0.3, 0.4) is 0 Å². The molecule has 0 saturated carbocycles. The lowest BCUT2D eigenvalue weighted by molar-refractivity contribution is 0.396. The minimum Gasteiger partial charge on any atom is -0.317 e. The van der Waals surface area contributed by atoms with Gasteiger partial charge >= 0.3 is 0 Å². The number of piperidine rings is 1. The maximum absolute atomic E-state index is 12.0. The Hall–Kier alpha value is -0.130. The van der Waals surface area contributed by atoms with Crippen LogP contribution in [0.15, 0.2) is 0 Å². The average molecular weight is 276 g/mol. The van der Waals surface area contributed by atoms with Gasteiger partial charge in [0, 0.05) is 6.04 Å². The minimum atomic E-state index is -3.11. The first-order valence-electron chi connectivity index (χ1n) is 7.13. The summed E-state index contributed by atoms with van der Waals surface area (Å²) in [4.78, 5) is 0. The molecule has 1 aliphatic heterocycles. The molecule has 1 saturated heterocycles. The molecule has 2 unspecified atom stereocenters. The number of nitrogens with one attached hydrogen (secondary N) is 2. The summed E-state index contributed by atoms with van der Waals surface area (Å²) in [7, 11) is -3.11. The van der Waals surface area contributed by atoms with E-state index >= 15 is 0 Å². The molecule has 4 nitrogen and oxygen atoms in total. The van der Waals surface area contributed by atoms with Gasteiger partial charge in [0.15, 0.2) is 0 Å². The van der Waals surface area contributed by atoms with Gasteiger partial charge in [-0.15, -0.1) is 0 Å². The molecule has 0 spiro atoms. The Balaban J connectivity index is 2.38. The predicted molar refractivity (Wildman–Crippen MR) is 76.1 cm³/mol. The van der Waals surface area contributed by atoms with Gasteiger partial charge in [-0.05, 0) is 51.1 Å². The Morgan fingerprint density at radius 2 is 1.89 bits per heavy atom. The molecule has 108 valence electrons. The monoisotopic (exact) mass is 276 g/mol. The van der Waals surface area contributed by atoms with Gasteiger partial charge in [0.2, 0.25) is 10.0 Å². The van der Waals surface area contributed by atoms with Crippen LogP contribution in [0.2, 0.25) is 0 Å². The third kappa shape index (κ3) is 6.16. The van der Waals surface area contributed by atoms with E-state index in [0.717, 1.165) is 38.8 Å². The smallest absolute Gasteiger partial charge is 0.212 e. The van der Waals surface area contributed by atoms with Crippen LogP contribution in [0.4, 0.5) is 0 Å². The van der Waals surface area contributed by atoms with Crippen LogP contribution < -0.4 is 10.0 Å². The largest absolute Gasteiger partial charge is 0.317 e. The van der Waals surface area contributed by atoms with Gasteiger partial charge < -0.3 is 5.32 Å². The molecular formula is C13H28N2O2S. The standard InChI is InChI=1S/C13H28N2O2S/c1-4-11(2)9-12(3)15-18(16,17)10-13-5-7-14-8-6-13/h11-15H,4-10H2,1-3H3. The van der Waals surface area contributed by atoms with Crippen molar-refractivity contribution in [3.63, 3.8) is 0 Å². The zero-order valence-electron chi connectivity index (χ0n) is 11.9. The lowest BCUT2D eigenvalue weighted by Crippen LogP contribution is -2.39. The Morgan fingerprint density at radius 1 is 1.28 bits per heavy atom. The molecule has 0 amide bonds. The highest BCUT2D eigenvalue weighted by atomic mass is 32.2. The molecule has 1 rings (SSSR count). The maximum atomic E-state index is 12.0. The van der Waals surface area contributed by atoms with E-state index in [9.17, 15) is 8.42 Å². The van der Waals surface area contributed by atoms with E-state index in [1.54, 1.807) is 0 Å². The quantitative estimate of drug-likeness (QED) is 0.744. The summed E-state index contributed by atoms with van der Waals surface area (Å²) in [5.74, 6) is 1.18. The van der Waals surface area contributed by atoms with Gasteiger partial charge in [-0.1, -0.05) is 20.3 Å². The molecule has 2 N–H and O–H groups in total. The van der Waals surface area contributed by atoms with Gasteiger partial charge in [-0.3, -0.25) is 0 Å². The van der Waals surface area contributed by atoms with E-state index in [0.29, 0.717) is 17.6 Å². The van der Waals surface area contributed by atoms with Gasteiger partial charge in [0.05, 0.1) is 5.75 Å². The molecule has 0 radical (unpaired) electrons. The van der Waals surface area contributed by atoms with Gasteiger partial charge in [-0.2, -0.15) is 0 Å². The van der Waals surface area contributed by atoms with Gasteiger partial charge in [-0.25, -0.2) is 13.1 Å². The fourth-order valence-corrected chi connectivity index (χ4v) is 4.29. The zero-order valence-corrected chi connectivity index (χ0v) is 12.7. The Bertz CT molecular complexity index is 324. The lowest BCUT2D eigenvalue weighted by atomic mass is 10.0. The van der Waals surface area contributed by atoms with Crippen LogP contribution >= 0.6 is 0 Å². The van der Waals surface area contributed by atoms with Crippen molar-refractivity contribution in [3.05, 3.63) is 0 Å². The molecule has 0 aliphatic carbocycles. The Labute approximate surface area is 112 Å². The summed E-state index contributed by atoms with van der Waals surface area (Å²) in [5, 5.41) is 3.26. The highest BCUT2D eigenvalue weighted by Gasteiger charge is 2.22. The first kappa shape index (κ1) is 15.9. The molecule has 0 aromatic rings. The molecule has 0 aromatic heterocycles. The molecule has 1 aliphatic rings. The lowest BCUT2D eigenvalue weighted by Gasteiger charge is -2.24. The van der Waals surface area contributed by atoms with Crippen molar-refractivity contribution in [3.8, 4) is 0 Å². The van der Waals surface area contributed by atoms with Crippen LogP contribution in [-0.2, 0) is 10.0 Å². The van der Waals surface area contributed by atoms with Gasteiger partial charge in [0.25, 0.3) is 0 Å². The highest BCUT2D eigenvalue weighted by molar-refractivity contribution is 7.89. The summed E-state index contributed by atoms with van der Waals surface area (Å²) in [6.07, 6.45) is 3.96. The van der Waals surface area contributed by atoms with Crippen LogP contribution in [0, 0.1) is 11.8 Å². The van der Waals surface area contributed by atoms with Crippen molar-refractivity contribution in [2.45, 2.75) is 52.5 Å². The van der Waals surface area contributed by atoms with Crippen molar-refractivity contribution >= 4 is 10.0 Å². The molecular weight excluding hydrogens is 248 g/mol. The summed E-state index contributed by atoms with van der Waals surface area (Å²) < 4.78 is 26.9. The maximum Gasteiger partial charge on any atom is 0.212 e. The molecule has 5 heteroatoms. The van der Waals surface area contributed by atoms with Crippen LogP contribution in [0.1, 0.15) is 46.5 Å². The minimum absolute atomic E-state index is 0.0478. The van der Waals surface area contributed by atoms with E-state index in [4.69, 9.17) is 0 Å². The van der Waals surface area contributed by atoms with E-state index < -0.39 is 10.0 Å². The first-order chi connectivity index (χ1) is 8.43. The second kappa shape index (κ2) is 7.46. The van der Waals surface area contributed by atoms with E-state index in [2.05, 4.69) is 23.9 Å². The Morgan fingerprint density at radius 3 is 2.44 bits per heavy atom. The zero-order chi connectivity index (χ0) is 13.6. The van der Waals surface area contributed by atoms with E-state index in [1.165, 1.54) is 0 Å². The van der Waals surface area contributed by atoms with E-state index in [-0.39, 0.29) is 6.04 Å². The SMILES string of the molecule is CCC(C)CC(C)NS(=O)(=O)CC1CCNCC1. The average Bonchev–Trinajstić information content (AvgIpc) is 2.28. The highest BCUT2D eigenvalue weighted by Crippen LogP contribution is 2.15. The third-order valence-corrected chi connectivity index (χ3v) is 5.42. The third-order valence-electron chi connectivity index (χ3n) is 3.75. The molecule has 1 heterocycles. The van der Waals surface area contributed by atoms with Crippen molar-refractivity contribution in [1.29, 1.82) is 0 Å².